The minimum absolute atomic E-state index is 0.843. The monoisotopic (exact) mass is 286 g/mol. The third-order valence-electron chi connectivity index (χ3n) is 3.77. The van der Waals surface area contributed by atoms with Crippen LogP contribution in [0.2, 0.25) is 5.02 Å². The molecule has 1 aliphatic rings. The first-order valence-electron chi connectivity index (χ1n) is 7.00. The van der Waals surface area contributed by atoms with Crippen LogP contribution in [0.1, 0.15) is 16.7 Å². The summed E-state index contributed by atoms with van der Waals surface area (Å²) in [5.41, 5.74) is 5.32. The molecular weight excluding hydrogens is 268 g/mol. The van der Waals surface area contributed by atoms with Crippen LogP contribution in [-0.2, 0) is 19.5 Å². The van der Waals surface area contributed by atoms with Crippen molar-refractivity contribution in [2.24, 2.45) is 0 Å². The van der Waals surface area contributed by atoms with Crippen LogP contribution in [0.25, 0.3) is 0 Å². The van der Waals surface area contributed by atoms with Crippen LogP contribution >= 0.6 is 11.6 Å². The zero-order chi connectivity index (χ0) is 13.9. The first kappa shape index (κ1) is 13.5. The van der Waals surface area contributed by atoms with E-state index >= 15 is 0 Å². The van der Waals surface area contributed by atoms with Gasteiger partial charge in [0, 0.05) is 30.3 Å². The average molecular weight is 287 g/mol. The molecule has 3 heteroatoms. The number of nitrogens with zero attached hydrogens (tertiary/aromatic N) is 1. The van der Waals surface area contributed by atoms with Crippen molar-refractivity contribution in [3.8, 4) is 0 Å². The van der Waals surface area contributed by atoms with Crippen LogP contribution in [0.5, 0.6) is 0 Å². The Bertz CT molecular complexity index is 610. The van der Waals surface area contributed by atoms with Crippen LogP contribution in [0, 0.1) is 0 Å². The van der Waals surface area contributed by atoms with Gasteiger partial charge in [-0.25, -0.2) is 0 Å². The van der Waals surface area contributed by atoms with Crippen LogP contribution < -0.4 is 5.32 Å². The molecule has 1 N–H and O–H groups in total. The molecule has 2 aromatic carbocycles. The lowest BCUT2D eigenvalue weighted by Crippen LogP contribution is -2.18. The fourth-order valence-electron chi connectivity index (χ4n) is 2.81. The Morgan fingerprint density at radius 3 is 2.65 bits per heavy atom. The molecule has 0 fully saturated rings. The summed E-state index contributed by atoms with van der Waals surface area (Å²) in [6, 6.07) is 14.6. The van der Waals surface area contributed by atoms with Crippen molar-refractivity contribution in [3.05, 3.63) is 64.2 Å². The zero-order valence-electron chi connectivity index (χ0n) is 11.7. The number of nitrogens with one attached hydrogen (secondary N) is 1. The lowest BCUT2D eigenvalue weighted by molar-refractivity contribution is 0.319. The van der Waals surface area contributed by atoms with Crippen molar-refractivity contribution in [1.82, 2.24) is 4.90 Å². The summed E-state index contributed by atoms with van der Waals surface area (Å²) in [5, 5.41) is 4.34. The van der Waals surface area contributed by atoms with Crippen molar-refractivity contribution in [2.45, 2.75) is 19.5 Å². The number of halogens is 1. The highest BCUT2D eigenvalue weighted by Gasteiger charge is 2.14. The van der Waals surface area contributed by atoms with E-state index in [2.05, 4.69) is 41.5 Å². The van der Waals surface area contributed by atoms with Gasteiger partial charge in [-0.05, 0) is 36.2 Å². The van der Waals surface area contributed by atoms with E-state index in [-0.39, 0.29) is 0 Å². The highest BCUT2D eigenvalue weighted by Crippen LogP contribution is 2.27. The van der Waals surface area contributed by atoms with Crippen molar-refractivity contribution in [3.63, 3.8) is 0 Å². The summed E-state index contributed by atoms with van der Waals surface area (Å²) in [6.07, 6.45) is 1.14. The molecule has 0 amide bonds. The molecule has 0 radical (unpaired) electrons. The Morgan fingerprint density at radius 2 is 1.80 bits per heavy atom. The highest BCUT2D eigenvalue weighted by atomic mass is 35.5. The predicted molar refractivity (Wildman–Crippen MR) is 85.3 cm³/mol. The highest BCUT2D eigenvalue weighted by molar-refractivity contribution is 6.31. The van der Waals surface area contributed by atoms with E-state index in [0.29, 0.717) is 0 Å². The van der Waals surface area contributed by atoms with Crippen molar-refractivity contribution in [1.29, 1.82) is 0 Å². The molecule has 1 heterocycles. The maximum atomic E-state index is 6.23. The molecule has 0 spiro atoms. The largest absolute Gasteiger partial charge is 0.384 e. The fraction of sp³-hybridized carbons (Fsp3) is 0.294. The Morgan fingerprint density at radius 1 is 1.05 bits per heavy atom. The first-order valence-corrected chi connectivity index (χ1v) is 7.38. The summed E-state index contributed by atoms with van der Waals surface area (Å²) in [7, 11) is 2.14. The van der Waals surface area contributed by atoms with Gasteiger partial charge < -0.3 is 5.32 Å². The molecule has 2 nitrogen and oxygen atoms in total. The first-order chi connectivity index (χ1) is 9.74. The SMILES string of the molecule is CN(Cc1ccccc1Cl)Cc1cccc2c1NCC2. The van der Waals surface area contributed by atoms with Crippen molar-refractivity contribution in [2.75, 3.05) is 18.9 Å². The van der Waals surface area contributed by atoms with Crippen LogP contribution in [0.15, 0.2) is 42.5 Å². The van der Waals surface area contributed by atoms with Crippen molar-refractivity contribution >= 4 is 17.3 Å². The van der Waals surface area contributed by atoms with Gasteiger partial charge in [0.05, 0.1) is 0 Å². The summed E-state index contributed by atoms with van der Waals surface area (Å²) < 4.78 is 0. The molecule has 3 rings (SSSR count). The van der Waals surface area contributed by atoms with Gasteiger partial charge >= 0.3 is 0 Å². The summed E-state index contributed by atoms with van der Waals surface area (Å²) in [5.74, 6) is 0. The zero-order valence-corrected chi connectivity index (χ0v) is 12.5. The maximum Gasteiger partial charge on any atom is 0.0451 e. The molecule has 20 heavy (non-hydrogen) atoms. The maximum absolute atomic E-state index is 6.23. The van der Waals surface area contributed by atoms with Gasteiger partial charge in [-0.2, -0.15) is 0 Å². The van der Waals surface area contributed by atoms with Gasteiger partial charge in [0.25, 0.3) is 0 Å². The standard InChI is InChI=1S/C17H19ClN2/c1-20(11-14-5-2-3-8-16(14)18)12-15-7-4-6-13-9-10-19-17(13)15/h2-8,19H,9-12H2,1H3. The molecule has 2 aromatic rings. The van der Waals surface area contributed by atoms with E-state index in [1.165, 1.54) is 22.4 Å². The molecule has 104 valence electrons. The number of hydrogen-bond acceptors (Lipinski definition) is 2. The summed E-state index contributed by atoms with van der Waals surface area (Å²) >= 11 is 6.23. The Kier molecular flexibility index (Phi) is 3.95. The van der Waals surface area contributed by atoms with E-state index in [4.69, 9.17) is 11.6 Å². The topological polar surface area (TPSA) is 15.3 Å². The van der Waals surface area contributed by atoms with Gasteiger partial charge in [-0.1, -0.05) is 48.0 Å². The second kappa shape index (κ2) is 5.86. The number of fused-ring (bicyclic) bond motifs is 1. The van der Waals surface area contributed by atoms with E-state index in [1.54, 1.807) is 0 Å². The summed E-state index contributed by atoms with van der Waals surface area (Å²) in [4.78, 5) is 2.30. The average Bonchev–Trinajstić information content (AvgIpc) is 2.91. The molecule has 1 aliphatic heterocycles. The lowest BCUT2D eigenvalue weighted by atomic mass is 10.1. The molecule has 0 bridgehead atoms. The Balaban J connectivity index is 1.72. The van der Waals surface area contributed by atoms with Gasteiger partial charge in [-0.15, -0.1) is 0 Å². The Hall–Kier alpha value is -1.51. The molecular formula is C17H19ClN2. The number of benzene rings is 2. The molecule has 0 aromatic heterocycles. The Labute approximate surface area is 125 Å². The van der Waals surface area contributed by atoms with E-state index < -0.39 is 0 Å². The van der Waals surface area contributed by atoms with Crippen LogP contribution in [0.4, 0.5) is 5.69 Å². The third-order valence-corrected chi connectivity index (χ3v) is 4.14. The smallest absolute Gasteiger partial charge is 0.0451 e. The molecule has 0 atom stereocenters. The predicted octanol–water partition coefficient (Wildman–Crippen LogP) is 3.94. The number of rotatable bonds is 4. The molecule has 0 saturated carbocycles. The summed E-state index contributed by atoms with van der Waals surface area (Å²) in [6.45, 7) is 2.85. The number of anilines is 1. The molecule has 0 aliphatic carbocycles. The lowest BCUT2D eigenvalue weighted by Gasteiger charge is -2.19. The van der Waals surface area contributed by atoms with Gasteiger partial charge in [0.15, 0.2) is 0 Å². The van der Waals surface area contributed by atoms with Gasteiger partial charge in [0.2, 0.25) is 0 Å². The van der Waals surface area contributed by atoms with Crippen molar-refractivity contribution < 1.29 is 0 Å². The molecule has 0 unspecified atom stereocenters. The van der Waals surface area contributed by atoms with E-state index in [0.717, 1.165) is 31.1 Å². The second-order valence-corrected chi connectivity index (χ2v) is 5.80. The second-order valence-electron chi connectivity index (χ2n) is 5.39. The van der Waals surface area contributed by atoms with Crippen LogP contribution in [0.3, 0.4) is 0 Å². The number of para-hydroxylation sites is 1. The van der Waals surface area contributed by atoms with Gasteiger partial charge in [0.1, 0.15) is 0 Å². The number of hydrogen-bond donors (Lipinski definition) is 1. The van der Waals surface area contributed by atoms with E-state index in [9.17, 15) is 0 Å². The van der Waals surface area contributed by atoms with Gasteiger partial charge in [-0.3, -0.25) is 4.90 Å². The minimum atomic E-state index is 0.843. The van der Waals surface area contributed by atoms with Crippen LogP contribution in [-0.4, -0.2) is 18.5 Å². The minimum Gasteiger partial charge on any atom is -0.384 e. The quantitative estimate of drug-likeness (QED) is 0.916. The third kappa shape index (κ3) is 2.82. The fourth-order valence-corrected chi connectivity index (χ4v) is 3.00. The van der Waals surface area contributed by atoms with E-state index in [1.807, 2.05) is 18.2 Å². The molecule has 0 saturated heterocycles. The normalized spacial score (nSPS) is 13.3.